The molecular formula is C22H19N3O4. The SMILES string of the molecule is Cc1cnc(C(=O)OCC(=O)N2c3ccccc3OC[C@@H]2c2ccccc2)cn1. The minimum atomic E-state index is -0.691. The Kier molecular flexibility index (Phi) is 5.20. The number of carbonyl (C=O) groups is 2. The summed E-state index contributed by atoms with van der Waals surface area (Å²) in [6.07, 6.45) is 2.81. The van der Waals surface area contributed by atoms with Crippen LogP contribution in [0.1, 0.15) is 27.8 Å². The van der Waals surface area contributed by atoms with Crippen molar-refractivity contribution in [3.63, 3.8) is 0 Å². The van der Waals surface area contributed by atoms with Gasteiger partial charge in [0.15, 0.2) is 12.3 Å². The molecule has 0 radical (unpaired) electrons. The van der Waals surface area contributed by atoms with Gasteiger partial charge in [-0.15, -0.1) is 0 Å². The molecule has 2 aromatic carbocycles. The number of aryl methyl sites for hydroxylation is 1. The van der Waals surface area contributed by atoms with E-state index in [4.69, 9.17) is 9.47 Å². The summed E-state index contributed by atoms with van der Waals surface area (Å²) in [6, 6.07) is 16.6. The van der Waals surface area contributed by atoms with Crippen molar-refractivity contribution >= 4 is 17.6 Å². The van der Waals surface area contributed by atoms with Crippen LogP contribution in [-0.2, 0) is 9.53 Å². The van der Waals surface area contributed by atoms with E-state index in [0.717, 1.165) is 5.56 Å². The number of esters is 1. The molecule has 4 rings (SSSR count). The first kappa shape index (κ1) is 18.6. The predicted molar refractivity (Wildman–Crippen MR) is 106 cm³/mol. The second-order valence-electron chi connectivity index (χ2n) is 6.59. The smallest absolute Gasteiger partial charge is 0.359 e. The summed E-state index contributed by atoms with van der Waals surface area (Å²) < 4.78 is 11.1. The summed E-state index contributed by atoms with van der Waals surface area (Å²) >= 11 is 0. The van der Waals surface area contributed by atoms with Gasteiger partial charge < -0.3 is 9.47 Å². The van der Waals surface area contributed by atoms with E-state index in [0.29, 0.717) is 23.7 Å². The molecule has 0 fully saturated rings. The van der Waals surface area contributed by atoms with E-state index in [9.17, 15) is 9.59 Å². The highest BCUT2D eigenvalue weighted by atomic mass is 16.5. The average Bonchev–Trinajstić information content (AvgIpc) is 2.77. The van der Waals surface area contributed by atoms with Crippen molar-refractivity contribution in [1.82, 2.24) is 9.97 Å². The highest BCUT2D eigenvalue weighted by molar-refractivity contribution is 5.98. The fraction of sp³-hybridized carbons (Fsp3) is 0.182. The lowest BCUT2D eigenvalue weighted by molar-refractivity contribution is -0.122. The number of para-hydroxylation sites is 2. The molecule has 1 aromatic heterocycles. The van der Waals surface area contributed by atoms with Gasteiger partial charge in [0, 0.05) is 6.20 Å². The van der Waals surface area contributed by atoms with Gasteiger partial charge in [0.25, 0.3) is 5.91 Å². The molecule has 0 aliphatic carbocycles. The third kappa shape index (κ3) is 3.94. The van der Waals surface area contributed by atoms with E-state index in [-0.39, 0.29) is 17.6 Å². The molecule has 3 aromatic rings. The van der Waals surface area contributed by atoms with Crippen LogP contribution in [0.5, 0.6) is 5.75 Å². The molecule has 2 heterocycles. The summed E-state index contributed by atoms with van der Waals surface area (Å²) in [7, 11) is 0. The van der Waals surface area contributed by atoms with E-state index in [2.05, 4.69) is 9.97 Å². The van der Waals surface area contributed by atoms with Crippen LogP contribution in [0.2, 0.25) is 0 Å². The van der Waals surface area contributed by atoms with Crippen LogP contribution < -0.4 is 9.64 Å². The van der Waals surface area contributed by atoms with Crippen molar-refractivity contribution in [2.45, 2.75) is 13.0 Å². The van der Waals surface area contributed by atoms with Crippen molar-refractivity contribution in [3.05, 3.63) is 83.9 Å². The molecule has 0 saturated carbocycles. The number of carbonyl (C=O) groups excluding carboxylic acids is 2. The van der Waals surface area contributed by atoms with Gasteiger partial charge >= 0.3 is 5.97 Å². The van der Waals surface area contributed by atoms with E-state index in [1.54, 1.807) is 11.8 Å². The predicted octanol–water partition coefficient (Wildman–Crippen LogP) is 3.11. The molecule has 7 heteroatoms. The lowest BCUT2D eigenvalue weighted by atomic mass is 10.0. The zero-order valence-corrected chi connectivity index (χ0v) is 15.8. The highest BCUT2D eigenvalue weighted by Crippen LogP contribution is 2.39. The zero-order chi connectivity index (χ0) is 20.2. The lowest BCUT2D eigenvalue weighted by Gasteiger charge is -2.37. The van der Waals surface area contributed by atoms with Crippen LogP contribution in [0.25, 0.3) is 0 Å². The quantitative estimate of drug-likeness (QED) is 0.638. The third-order valence-electron chi connectivity index (χ3n) is 4.60. The lowest BCUT2D eigenvalue weighted by Crippen LogP contribution is -2.43. The summed E-state index contributed by atoms with van der Waals surface area (Å²) in [5.74, 6) is -0.421. The maximum atomic E-state index is 13.1. The molecule has 1 amide bonds. The van der Waals surface area contributed by atoms with Gasteiger partial charge in [-0.05, 0) is 24.6 Å². The van der Waals surface area contributed by atoms with Crippen molar-refractivity contribution < 1.29 is 19.1 Å². The first-order valence-electron chi connectivity index (χ1n) is 9.18. The average molecular weight is 389 g/mol. The van der Waals surface area contributed by atoms with Gasteiger partial charge in [0.2, 0.25) is 0 Å². The second-order valence-corrected chi connectivity index (χ2v) is 6.59. The number of hydrogen-bond acceptors (Lipinski definition) is 6. The second kappa shape index (κ2) is 8.10. The van der Waals surface area contributed by atoms with Crippen LogP contribution in [0, 0.1) is 6.92 Å². The van der Waals surface area contributed by atoms with Crippen molar-refractivity contribution in [2.24, 2.45) is 0 Å². The number of anilines is 1. The van der Waals surface area contributed by atoms with Crippen molar-refractivity contribution in [3.8, 4) is 5.75 Å². The largest absolute Gasteiger partial charge is 0.489 e. The monoisotopic (exact) mass is 389 g/mol. The maximum Gasteiger partial charge on any atom is 0.359 e. The van der Waals surface area contributed by atoms with Gasteiger partial charge in [-0.3, -0.25) is 14.7 Å². The number of rotatable bonds is 4. The molecule has 1 aliphatic rings. The number of ether oxygens (including phenoxy) is 2. The van der Waals surface area contributed by atoms with Gasteiger partial charge in [-0.25, -0.2) is 9.78 Å². The van der Waals surface area contributed by atoms with Gasteiger partial charge in [0.05, 0.1) is 23.6 Å². The van der Waals surface area contributed by atoms with E-state index in [1.807, 2.05) is 54.6 Å². The Balaban J connectivity index is 1.56. The van der Waals surface area contributed by atoms with Gasteiger partial charge in [0.1, 0.15) is 12.4 Å². The number of amides is 1. The van der Waals surface area contributed by atoms with Crippen LogP contribution in [0.3, 0.4) is 0 Å². The molecule has 29 heavy (non-hydrogen) atoms. The molecule has 1 aliphatic heterocycles. The number of fused-ring (bicyclic) bond motifs is 1. The van der Waals surface area contributed by atoms with Crippen molar-refractivity contribution in [1.29, 1.82) is 0 Å². The zero-order valence-electron chi connectivity index (χ0n) is 15.8. The Morgan fingerprint density at radius 1 is 1.07 bits per heavy atom. The first-order chi connectivity index (χ1) is 14.1. The van der Waals surface area contributed by atoms with Crippen LogP contribution in [-0.4, -0.2) is 35.1 Å². The third-order valence-corrected chi connectivity index (χ3v) is 4.60. The van der Waals surface area contributed by atoms with Crippen molar-refractivity contribution in [2.75, 3.05) is 18.1 Å². The molecule has 1 atom stereocenters. The summed E-state index contributed by atoms with van der Waals surface area (Å²) in [5.41, 5.74) is 2.33. The maximum absolute atomic E-state index is 13.1. The summed E-state index contributed by atoms with van der Waals surface area (Å²) in [4.78, 5) is 34.9. The molecule has 0 unspecified atom stereocenters. The number of hydrogen-bond donors (Lipinski definition) is 0. The number of aromatic nitrogens is 2. The molecule has 0 bridgehead atoms. The standard InChI is InChI=1S/C22H19N3O4/c1-15-11-24-17(12-23-15)22(27)29-14-21(26)25-18-9-5-6-10-20(18)28-13-19(25)16-7-3-2-4-8-16/h2-12,19H,13-14H2,1H3/t19-/m1/s1. The normalized spacial score (nSPS) is 15.2. The fourth-order valence-electron chi connectivity index (χ4n) is 3.19. The Morgan fingerprint density at radius 2 is 1.83 bits per heavy atom. The minimum absolute atomic E-state index is 0.0605. The fourth-order valence-corrected chi connectivity index (χ4v) is 3.19. The molecular weight excluding hydrogens is 370 g/mol. The van der Waals surface area contributed by atoms with Crippen LogP contribution in [0.4, 0.5) is 5.69 Å². The molecule has 0 N–H and O–H groups in total. The van der Waals surface area contributed by atoms with E-state index in [1.165, 1.54) is 12.4 Å². The number of nitrogens with zero attached hydrogens (tertiary/aromatic N) is 3. The van der Waals surface area contributed by atoms with Crippen LogP contribution >= 0.6 is 0 Å². The van der Waals surface area contributed by atoms with Gasteiger partial charge in [-0.1, -0.05) is 42.5 Å². The Labute approximate surface area is 167 Å². The molecule has 0 saturated heterocycles. The Morgan fingerprint density at radius 3 is 2.59 bits per heavy atom. The molecule has 7 nitrogen and oxygen atoms in total. The number of benzene rings is 2. The highest BCUT2D eigenvalue weighted by Gasteiger charge is 2.33. The Hall–Kier alpha value is -3.74. The Bertz CT molecular complexity index is 1020. The molecule has 0 spiro atoms. The van der Waals surface area contributed by atoms with Gasteiger partial charge in [-0.2, -0.15) is 0 Å². The van der Waals surface area contributed by atoms with E-state index < -0.39 is 12.6 Å². The minimum Gasteiger partial charge on any atom is -0.489 e. The van der Waals surface area contributed by atoms with E-state index >= 15 is 0 Å². The summed E-state index contributed by atoms with van der Waals surface area (Å²) in [6.45, 7) is 1.67. The molecule has 146 valence electrons. The first-order valence-corrected chi connectivity index (χ1v) is 9.18. The summed E-state index contributed by atoms with van der Waals surface area (Å²) in [5, 5.41) is 0. The van der Waals surface area contributed by atoms with Crippen LogP contribution in [0.15, 0.2) is 67.0 Å². The topological polar surface area (TPSA) is 81.6 Å².